The quantitative estimate of drug-likeness (QED) is 0.819. The monoisotopic (exact) mass is 295 g/mol. The summed E-state index contributed by atoms with van der Waals surface area (Å²) in [6.07, 6.45) is 3.54. The van der Waals surface area contributed by atoms with Crippen molar-refractivity contribution in [3.63, 3.8) is 0 Å². The largest absolute Gasteiger partial charge is 0.478 e. The van der Waals surface area contributed by atoms with Crippen LogP contribution < -0.4 is 4.90 Å². The Labute approximate surface area is 109 Å². The first kappa shape index (κ1) is 13.5. The van der Waals surface area contributed by atoms with E-state index in [1.54, 1.807) is 24.3 Å². The van der Waals surface area contributed by atoms with Crippen molar-refractivity contribution >= 4 is 27.6 Å². The highest BCUT2D eigenvalue weighted by molar-refractivity contribution is 9.10. The average molecular weight is 296 g/mol. The number of carboxylic acid groups (broad SMARTS) is 1. The van der Waals surface area contributed by atoms with Gasteiger partial charge in [0.2, 0.25) is 0 Å². The Balaban J connectivity index is 3.13. The van der Waals surface area contributed by atoms with Crippen molar-refractivity contribution in [1.29, 1.82) is 0 Å². The lowest BCUT2D eigenvalue weighted by Gasteiger charge is -2.22. The van der Waals surface area contributed by atoms with E-state index in [2.05, 4.69) is 29.1 Å². The molecule has 17 heavy (non-hydrogen) atoms. The van der Waals surface area contributed by atoms with E-state index in [4.69, 9.17) is 5.11 Å². The topological polar surface area (TPSA) is 40.5 Å². The molecule has 3 nitrogen and oxygen atoms in total. The van der Waals surface area contributed by atoms with E-state index in [-0.39, 0.29) is 5.56 Å². The van der Waals surface area contributed by atoms with Crippen LogP contribution in [0.1, 0.15) is 10.4 Å². The molecule has 1 N–H and O–H groups in total. The molecule has 1 aromatic rings. The van der Waals surface area contributed by atoms with Crippen molar-refractivity contribution in [3.05, 3.63) is 53.5 Å². The lowest BCUT2D eigenvalue weighted by atomic mass is 10.2. The number of carbonyl (C=O) groups is 1. The zero-order valence-corrected chi connectivity index (χ0v) is 11.0. The standard InChI is InChI=1S/C13H14BrNO2/c1-3-5-15(6-4-2)12-8-10(13(16)17)7-11(14)9-12/h3-4,7-9H,1-2,5-6H2,(H,16,17). The van der Waals surface area contributed by atoms with Crippen molar-refractivity contribution in [1.82, 2.24) is 0 Å². The van der Waals surface area contributed by atoms with E-state index in [0.29, 0.717) is 13.1 Å². The lowest BCUT2D eigenvalue weighted by Crippen LogP contribution is -2.23. The van der Waals surface area contributed by atoms with Gasteiger partial charge in [0.05, 0.1) is 5.56 Å². The smallest absolute Gasteiger partial charge is 0.335 e. The van der Waals surface area contributed by atoms with E-state index in [1.807, 2.05) is 11.0 Å². The Morgan fingerprint density at radius 3 is 2.35 bits per heavy atom. The Hall–Kier alpha value is -1.55. The molecule has 90 valence electrons. The summed E-state index contributed by atoms with van der Waals surface area (Å²) in [5.41, 5.74) is 1.09. The van der Waals surface area contributed by atoms with Crippen LogP contribution in [0.15, 0.2) is 48.0 Å². The molecule has 0 aliphatic carbocycles. The third-order valence-electron chi connectivity index (χ3n) is 2.19. The molecule has 1 aromatic carbocycles. The van der Waals surface area contributed by atoms with Gasteiger partial charge in [0.25, 0.3) is 0 Å². The zero-order valence-electron chi connectivity index (χ0n) is 9.40. The molecule has 0 saturated carbocycles. The van der Waals surface area contributed by atoms with Crippen LogP contribution in [0.2, 0.25) is 0 Å². The number of benzene rings is 1. The molecular formula is C13H14BrNO2. The molecule has 0 unspecified atom stereocenters. The van der Waals surface area contributed by atoms with Crippen molar-refractivity contribution in [3.8, 4) is 0 Å². The van der Waals surface area contributed by atoms with Crippen LogP contribution in [-0.4, -0.2) is 24.2 Å². The number of aromatic carboxylic acids is 1. The molecule has 0 saturated heterocycles. The minimum absolute atomic E-state index is 0.257. The molecule has 4 heteroatoms. The van der Waals surface area contributed by atoms with Crippen LogP contribution in [0.5, 0.6) is 0 Å². The van der Waals surface area contributed by atoms with Crippen LogP contribution in [0.25, 0.3) is 0 Å². The normalized spacial score (nSPS) is 9.71. The second kappa shape index (κ2) is 6.25. The maximum Gasteiger partial charge on any atom is 0.335 e. The Morgan fingerprint density at radius 1 is 1.29 bits per heavy atom. The highest BCUT2D eigenvalue weighted by atomic mass is 79.9. The van der Waals surface area contributed by atoms with Crippen LogP contribution in [0.3, 0.4) is 0 Å². The predicted molar refractivity (Wildman–Crippen MR) is 73.7 cm³/mol. The lowest BCUT2D eigenvalue weighted by molar-refractivity contribution is 0.0697. The molecule has 1 rings (SSSR count). The Bertz CT molecular complexity index is 433. The van der Waals surface area contributed by atoms with Gasteiger partial charge in [0.15, 0.2) is 0 Å². The number of carboxylic acids is 1. The van der Waals surface area contributed by atoms with Crippen molar-refractivity contribution in [2.45, 2.75) is 0 Å². The molecule has 0 aliphatic heterocycles. The summed E-state index contributed by atoms with van der Waals surface area (Å²) in [4.78, 5) is 12.9. The Morgan fingerprint density at radius 2 is 1.88 bits per heavy atom. The maximum atomic E-state index is 11.0. The third-order valence-corrected chi connectivity index (χ3v) is 2.65. The molecular weight excluding hydrogens is 282 g/mol. The molecule has 0 bridgehead atoms. The second-order valence-corrected chi connectivity index (χ2v) is 4.40. The van der Waals surface area contributed by atoms with Crippen molar-refractivity contribution in [2.75, 3.05) is 18.0 Å². The number of anilines is 1. The van der Waals surface area contributed by atoms with Gasteiger partial charge >= 0.3 is 5.97 Å². The third kappa shape index (κ3) is 3.75. The highest BCUT2D eigenvalue weighted by Gasteiger charge is 2.09. The fourth-order valence-corrected chi connectivity index (χ4v) is 1.96. The molecule has 0 aliphatic rings. The number of hydrogen-bond donors (Lipinski definition) is 1. The number of halogens is 1. The summed E-state index contributed by atoms with van der Waals surface area (Å²) in [7, 11) is 0. The van der Waals surface area contributed by atoms with Crippen LogP contribution >= 0.6 is 15.9 Å². The minimum atomic E-state index is -0.940. The molecule has 0 amide bonds. The maximum absolute atomic E-state index is 11.0. The average Bonchev–Trinajstić information content (AvgIpc) is 2.28. The SMILES string of the molecule is C=CCN(CC=C)c1cc(Br)cc(C(=O)O)c1. The number of hydrogen-bond acceptors (Lipinski definition) is 2. The van der Waals surface area contributed by atoms with Crippen LogP contribution in [0, 0.1) is 0 Å². The van der Waals surface area contributed by atoms with Gasteiger partial charge in [-0.1, -0.05) is 28.1 Å². The van der Waals surface area contributed by atoms with Gasteiger partial charge in [0, 0.05) is 23.2 Å². The van der Waals surface area contributed by atoms with Crippen LogP contribution in [0.4, 0.5) is 5.69 Å². The first-order chi connectivity index (χ1) is 8.08. The molecule has 0 heterocycles. The van der Waals surface area contributed by atoms with E-state index in [0.717, 1.165) is 10.2 Å². The van der Waals surface area contributed by atoms with Gasteiger partial charge in [-0.15, -0.1) is 13.2 Å². The molecule has 0 radical (unpaired) electrons. The van der Waals surface area contributed by atoms with Gasteiger partial charge in [-0.3, -0.25) is 0 Å². The summed E-state index contributed by atoms with van der Waals surface area (Å²) in [6, 6.07) is 5.09. The fourth-order valence-electron chi connectivity index (χ4n) is 1.48. The summed E-state index contributed by atoms with van der Waals surface area (Å²) in [5.74, 6) is -0.940. The fraction of sp³-hybridized carbons (Fsp3) is 0.154. The first-order valence-corrected chi connectivity index (χ1v) is 5.88. The van der Waals surface area contributed by atoms with Gasteiger partial charge in [-0.25, -0.2) is 4.79 Å². The predicted octanol–water partition coefficient (Wildman–Crippen LogP) is 3.33. The molecule has 0 spiro atoms. The Kier molecular flexibility index (Phi) is 4.97. The minimum Gasteiger partial charge on any atom is -0.478 e. The van der Waals surface area contributed by atoms with Gasteiger partial charge in [-0.2, -0.15) is 0 Å². The van der Waals surface area contributed by atoms with E-state index >= 15 is 0 Å². The highest BCUT2D eigenvalue weighted by Crippen LogP contribution is 2.23. The first-order valence-electron chi connectivity index (χ1n) is 5.09. The van der Waals surface area contributed by atoms with E-state index in [9.17, 15) is 4.79 Å². The number of nitrogens with zero attached hydrogens (tertiary/aromatic N) is 1. The molecule has 0 atom stereocenters. The zero-order chi connectivity index (χ0) is 12.8. The van der Waals surface area contributed by atoms with Gasteiger partial charge in [-0.05, 0) is 18.2 Å². The molecule has 0 aromatic heterocycles. The summed E-state index contributed by atoms with van der Waals surface area (Å²) < 4.78 is 0.741. The van der Waals surface area contributed by atoms with Crippen molar-refractivity contribution < 1.29 is 9.90 Å². The van der Waals surface area contributed by atoms with E-state index in [1.165, 1.54) is 0 Å². The summed E-state index contributed by atoms with van der Waals surface area (Å²) in [6.45, 7) is 8.65. The van der Waals surface area contributed by atoms with E-state index < -0.39 is 5.97 Å². The van der Waals surface area contributed by atoms with Crippen LogP contribution in [-0.2, 0) is 0 Å². The van der Waals surface area contributed by atoms with Crippen molar-refractivity contribution in [2.24, 2.45) is 0 Å². The van der Waals surface area contributed by atoms with Gasteiger partial charge < -0.3 is 10.0 Å². The molecule has 0 fully saturated rings. The summed E-state index contributed by atoms with van der Waals surface area (Å²) in [5, 5.41) is 9.00. The second-order valence-electron chi connectivity index (χ2n) is 3.49. The number of rotatable bonds is 6. The van der Waals surface area contributed by atoms with Gasteiger partial charge in [0.1, 0.15) is 0 Å². The summed E-state index contributed by atoms with van der Waals surface area (Å²) >= 11 is 3.31.